The fraction of sp³-hybridized carbons (Fsp3) is 0.467. The SMILES string of the molecule is CC1(CNc2cnc(Cl)c(C3=CC(N)=NCC3F)c2)CC1. The fourth-order valence-electron chi connectivity index (χ4n) is 2.28. The standard InChI is InChI=1S/C15H18ClFN4/c1-15(2-3-15)8-21-9-4-11(14(16)20-6-9)10-5-13(18)19-7-12(10)17/h4-6,12,21H,2-3,7-8H2,1H3,(H2,18,19). The molecule has 0 spiro atoms. The van der Waals surface area contributed by atoms with Crippen LogP contribution in [0.15, 0.2) is 23.3 Å². The number of amidine groups is 1. The smallest absolute Gasteiger partial charge is 0.145 e. The number of anilines is 1. The first kappa shape index (κ1) is 14.3. The molecule has 2 aliphatic rings. The summed E-state index contributed by atoms with van der Waals surface area (Å²) in [6, 6.07) is 1.83. The van der Waals surface area contributed by atoms with Crippen molar-refractivity contribution in [2.45, 2.75) is 25.9 Å². The maximum Gasteiger partial charge on any atom is 0.145 e. The predicted octanol–water partition coefficient (Wildman–Crippen LogP) is 3.04. The molecule has 1 atom stereocenters. The molecule has 3 N–H and O–H groups in total. The van der Waals surface area contributed by atoms with E-state index in [-0.39, 0.29) is 11.7 Å². The highest BCUT2D eigenvalue weighted by atomic mass is 35.5. The van der Waals surface area contributed by atoms with Gasteiger partial charge >= 0.3 is 0 Å². The minimum absolute atomic E-state index is 0.0315. The van der Waals surface area contributed by atoms with Gasteiger partial charge in [-0.05, 0) is 30.4 Å². The average molecular weight is 309 g/mol. The lowest BCUT2D eigenvalue weighted by Crippen LogP contribution is -2.21. The summed E-state index contributed by atoms with van der Waals surface area (Å²) in [5, 5.41) is 3.63. The number of nitrogens with two attached hydrogens (primary N) is 1. The second-order valence-electron chi connectivity index (χ2n) is 6.06. The monoisotopic (exact) mass is 308 g/mol. The van der Waals surface area contributed by atoms with Crippen LogP contribution in [0.25, 0.3) is 5.57 Å². The van der Waals surface area contributed by atoms with Crippen molar-refractivity contribution in [3.05, 3.63) is 29.1 Å². The van der Waals surface area contributed by atoms with E-state index in [0.29, 0.717) is 22.4 Å². The Balaban J connectivity index is 1.85. The lowest BCUT2D eigenvalue weighted by Gasteiger charge is -2.18. The Morgan fingerprint density at radius 2 is 2.29 bits per heavy atom. The van der Waals surface area contributed by atoms with Gasteiger partial charge in [0.25, 0.3) is 0 Å². The molecule has 1 aromatic rings. The van der Waals surface area contributed by atoms with Crippen LogP contribution in [0, 0.1) is 5.41 Å². The minimum Gasteiger partial charge on any atom is -0.384 e. The lowest BCUT2D eigenvalue weighted by molar-refractivity contribution is 0.419. The molecular formula is C15H18ClFN4. The third-order valence-electron chi connectivity index (χ3n) is 4.05. The first-order valence-corrected chi connectivity index (χ1v) is 7.40. The zero-order valence-corrected chi connectivity index (χ0v) is 12.6. The number of pyridine rings is 1. The van der Waals surface area contributed by atoms with E-state index in [0.717, 1.165) is 12.2 Å². The molecule has 1 aliphatic carbocycles. The van der Waals surface area contributed by atoms with Crippen LogP contribution >= 0.6 is 11.6 Å². The van der Waals surface area contributed by atoms with Crippen LogP contribution in [0.1, 0.15) is 25.3 Å². The highest BCUT2D eigenvalue weighted by Gasteiger charge is 2.36. The van der Waals surface area contributed by atoms with Crippen LogP contribution in [0.4, 0.5) is 10.1 Å². The number of nitrogens with zero attached hydrogens (tertiary/aromatic N) is 2. The summed E-state index contributed by atoms with van der Waals surface area (Å²) in [5.41, 5.74) is 7.91. The summed E-state index contributed by atoms with van der Waals surface area (Å²) in [4.78, 5) is 8.03. The Kier molecular flexibility index (Phi) is 3.61. The maximum atomic E-state index is 14.1. The topological polar surface area (TPSA) is 63.3 Å². The predicted molar refractivity (Wildman–Crippen MR) is 84.4 cm³/mol. The number of hydrogen-bond acceptors (Lipinski definition) is 4. The van der Waals surface area contributed by atoms with Crippen LogP contribution in [-0.2, 0) is 0 Å². The highest BCUT2D eigenvalue weighted by molar-refractivity contribution is 6.31. The molecule has 1 aromatic heterocycles. The van der Waals surface area contributed by atoms with Gasteiger partial charge in [0, 0.05) is 17.7 Å². The Morgan fingerprint density at radius 1 is 1.52 bits per heavy atom. The van der Waals surface area contributed by atoms with Crippen molar-refractivity contribution < 1.29 is 4.39 Å². The molecule has 1 saturated carbocycles. The zero-order chi connectivity index (χ0) is 15.0. The molecule has 4 nitrogen and oxygen atoms in total. The van der Waals surface area contributed by atoms with E-state index in [2.05, 4.69) is 22.2 Å². The Bertz CT molecular complexity index is 622. The number of nitrogens with one attached hydrogen (secondary N) is 1. The molecule has 0 aromatic carbocycles. The Labute approximate surface area is 128 Å². The number of alkyl halides is 1. The van der Waals surface area contributed by atoms with E-state index in [4.69, 9.17) is 17.3 Å². The van der Waals surface area contributed by atoms with Gasteiger partial charge in [-0.3, -0.25) is 4.99 Å². The van der Waals surface area contributed by atoms with Gasteiger partial charge in [-0.15, -0.1) is 0 Å². The van der Waals surface area contributed by atoms with Crippen molar-refractivity contribution in [2.75, 3.05) is 18.4 Å². The van der Waals surface area contributed by atoms with Gasteiger partial charge in [0.1, 0.15) is 17.2 Å². The number of aliphatic imine (C=N–C) groups is 1. The van der Waals surface area contributed by atoms with Crippen molar-refractivity contribution in [3.63, 3.8) is 0 Å². The molecule has 6 heteroatoms. The van der Waals surface area contributed by atoms with E-state index in [1.54, 1.807) is 6.20 Å². The fourth-order valence-corrected chi connectivity index (χ4v) is 2.49. The van der Waals surface area contributed by atoms with Crippen LogP contribution < -0.4 is 11.1 Å². The number of rotatable bonds is 4. The van der Waals surface area contributed by atoms with Gasteiger partial charge in [0.15, 0.2) is 0 Å². The quantitative estimate of drug-likeness (QED) is 0.840. The highest BCUT2D eigenvalue weighted by Crippen LogP contribution is 2.44. The van der Waals surface area contributed by atoms with Gasteiger partial charge in [0.2, 0.25) is 0 Å². The van der Waals surface area contributed by atoms with Crippen molar-refractivity contribution in [1.82, 2.24) is 4.98 Å². The third-order valence-corrected chi connectivity index (χ3v) is 4.35. The van der Waals surface area contributed by atoms with Crippen LogP contribution in [0.5, 0.6) is 0 Å². The molecule has 0 bridgehead atoms. The first-order valence-electron chi connectivity index (χ1n) is 7.02. The normalized spacial score (nSPS) is 23.3. The minimum atomic E-state index is -1.20. The molecule has 21 heavy (non-hydrogen) atoms. The molecule has 1 aliphatic heterocycles. The molecular weight excluding hydrogens is 291 g/mol. The number of aromatic nitrogens is 1. The van der Waals surface area contributed by atoms with Crippen LogP contribution in [0.2, 0.25) is 5.15 Å². The van der Waals surface area contributed by atoms with E-state index < -0.39 is 6.17 Å². The summed E-state index contributed by atoms with van der Waals surface area (Å²) >= 11 is 6.12. The van der Waals surface area contributed by atoms with Gasteiger partial charge in [-0.1, -0.05) is 18.5 Å². The second kappa shape index (κ2) is 5.30. The van der Waals surface area contributed by atoms with Gasteiger partial charge in [0.05, 0.1) is 18.4 Å². The first-order chi connectivity index (χ1) is 9.97. The van der Waals surface area contributed by atoms with Crippen LogP contribution in [-0.4, -0.2) is 30.1 Å². The molecule has 1 unspecified atom stereocenters. The maximum absolute atomic E-state index is 14.1. The molecule has 2 heterocycles. The largest absolute Gasteiger partial charge is 0.384 e. The van der Waals surface area contributed by atoms with E-state index in [1.807, 2.05) is 6.07 Å². The summed E-state index contributed by atoms with van der Waals surface area (Å²) in [6.07, 6.45) is 4.47. The second-order valence-corrected chi connectivity index (χ2v) is 6.42. The Morgan fingerprint density at radius 3 is 3.00 bits per heavy atom. The average Bonchev–Trinajstić information content (AvgIpc) is 3.19. The van der Waals surface area contributed by atoms with E-state index in [1.165, 1.54) is 18.9 Å². The Hall–Kier alpha value is -1.62. The van der Waals surface area contributed by atoms with E-state index in [9.17, 15) is 4.39 Å². The van der Waals surface area contributed by atoms with E-state index >= 15 is 0 Å². The summed E-state index contributed by atoms with van der Waals surface area (Å²) in [5.74, 6) is 0.318. The number of hydrogen-bond donors (Lipinski definition) is 2. The van der Waals surface area contributed by atoms with Gasteiger partial charge in [-0.25, -0.2) is 9.37 Å². The zero-order valence-electron chi connectivity index (χ0n) is 11.9. The van der Waals surface area contributed by atoms with Crippen LogP contribution in [0.3, 0.4) is 0 Å². The molecule has 112 valence electrons. The summed E-state index contributed by atoms with van der Waals surface area (Å²) in [6.45, 7) is 3.16. The molecule has 0 saturated heterocycles. The molecule has 0 radical (unpaired) electrons. The van der Waals surface area contributed by atoms with Gasteiger partial charge < -0.3 is 11.1 Å². The van der Waals surface area contributed by atoms with Crippen molar-refractivity contribution in [2.24, 2.45) is 16.1 Å². The van der Waals surface area contributed by atoms with Crippen molar-refractivity contribution in [1.29, 1.82) is 0 Å². The molecule has 0 amide bonds. The van der Waals surface area contributed by atoms with Gasteiger partial charge in [-0.2, -0.15) is 0 Å². The lowest BCUT2D eigenvalue weighted by atomic mass is 10.00. The molecule has 1 fully saturated rings. The van der Waals surface area contributed by atoms with Crippen molar-refractivity contribution in [3.8, 4) is 0 Å². The third kappa shape index (κ3) is 3.18. The summed E-state index contributed by atoms with van der Waals surface area (Å²) < 4.78 is 14.1. The molecule has 3 rings (SSSR count). The number of dihydropyridines is 1. The number of halogens is 2. The van der Waals surface area contributed by atoms with Crippen molar-refractivity contribution >= 4 is 28.7 Å². The summed E-state index contributed by atoms with van der Waals surface area (Å²) in [7, 11) is 0.